The molecule has 0 aliphatic rings. The first kappa shape index (κ1) is 43.3. The maximum Gasteiger partial charge on any atom is 2.00 e. The Labute approximate surface area is 348 Å². The van der Waals surface area contributed by atoms with Gasteiger partial charge in [-0.2, -0.15) is 0 Å². The first-order valence-corrected chi connectivity index (χ1v) is 18.5. The van der Waals surface area contributed by atoms with E-state index in [1.165, 1.54) is 0 Å². The van der Waals surface area contributed by atoms with Crippen molar-refractivity contribution in [1.82, 2.24) is 14.1 Å². The first-order valence-electron chi connectivity index (χ1n) is 18.5. The largest absolute Gasteiger partial charge is 2.00 e. The Balaban J connectivity index is 0.00000224. The number of phenolic OH excluding ortho intramolecular Hbond substituents is 2. The molecule has 0 aliphatic carbocycles. The summed E-state index contributed by atoms with van der Waals surface area (Å²) in [6.07, 6.45) is 0. The molecule has 0 fully saturated rings. The van der Waals surface area contributed by atoms with Crippen molar-refractivity contribution in [2.24, 2.45) is 0 Å². The standard InChI is InChI=1S/C47H51N3O2.2CH3.Zr/c1-11-49-38-22-15-13-18-30(38)40(42(49)32-24-28(3)26-34(44(32)51)46(5,6)7)36-20-17-21-37(48-36)41-31-19-14-16-23-39(31)50(12-2)43(41)33-25-29(4)27-35(45(33)52)47(8,9)10;;;/h13-27,51-52H,11-12H2,1-10H3;2*1H3;/q;2*-1;+2. The second-order valence-corrected chi connectivity index (χ2v) is 16.3. The molecule has 0 unspecified atom stereocenters. The predicted octanol–water partition coefficient (Wildman–Crippen LogP) is 13.2. The number of pyridine rings is 1. The van der Waals surface area contributed by atoms with Crippen LogP contribution in [0.4, 0.5) is 0 Å². The zero-order valence-electron chi connectivity index (χ0n) is 34.8. The van der Waals surface area contributed by atoms with Gasteiger partial charge in [0.05, 0.1) is 22.8 Å². The van der Waals surface area contributed by atoms with Crippen LogP contribution < -0.4 is 0 Å². The van der Waals surface area contributed by atoms with Gasteiger partial charge in [-0.15, -0.1) is 0 Å². The van der Waals surface area contributed by atoms with Crippen molar-refractivity contribution in [3.05, 3.63) is 128 Å². The molecule has 3 aromatic heterocycles. The Kier molecular flexibility index (Phi) is 12.6. The zero-order valence-corrected chi connectivity index (χ0v) is 37.3. The van der Waals surface area contributed by atoms with Crippen LogP contribution in [0.15, 0.2) is 91.0 Å². The molecule has 6 heteroatoms. The summed E-state index contributed by atoms with van der Waals surface area (Å²) in [6, 6.07) is 31.7. The maximum absolute atomic E-state index is 12.0. The second-order valence-electron chi connectivity index (χ2n) is 16.3. The van der Waals surface area contributed by atoms with Crippen molar-refractivity contribution < 1.29 is 36.4 Å². The molecule has 5 nitrogen and oxygen atoms in total. The molecule has 55 heavy (non-hydrogen) atoms. The van der Waals surface area contributed by atoms with Crippen LogP contribution in [0, 0.1) is 28.7 Å². The summed E-state index contributed by atoms with van der Waals surface area (Å²) in [5, 5.41) is 26.2. The number of hydrogen-bond donors (Lipinski definition) is 2. The fourth-order valence-electron chi connectivity index (χ4n) is 8.12. The zero-order chi connectivity index (χ0) is 37.3. The minimum Gasteiger partial charge on any atom is -0.507 e. The van der Waals surface area contributed by atoms with E-state index in [0.717, 1.165) is 102 Å². The van der Waals surface area contributed by atoms with Gasteiger partial charge in [0.1, 0.15) is 11.5 Å². The van der Waals surface area contributed by atoms with E-state index in [0.29, 0.717) is 11.5 Å². The fraction of sp³-hybridized carbons (Fsp3) is 0.286. The molecule has 4 aromatic carbocycles. The van der Waals surface area contributed by atoms with E-state index in [4.69, 9.17) is 4.98 Å². The van der Waals surface area contributed by atoms with Crippen molar-refractivity contribution in [3.8, 4) is 56.5 Å². The molecule has 0 amide bonds. The second kappa shape index (κ2) is 16.0. The van der Waals surface area contributed by atoms with Gasteiger partial charge in [0.2, 0.25) is 0 Å². The van der Waals surface area contributed by atoms with Crippen LogP contribution in [0.1, 0.15) is 77.6 Å². The van der Waals surface area contributed by atoms with Gasteiger partial charge in [-0.1, -0.05) is 96.1 Å². The van der Waals surface area contributed by atoms with Gasteiger partial charge in [-0.3, -0.25) is 0 Å². The number of hydrogen-bond acceptors (Lipinski definition) is 3. The van der Waals surface area contributed by atoms with Gasteiger partial charge >= 0.3 is 26.2 Å². The number of nitrogens with zero attached hydrogens (tertiary/aromatic N) is 3. The number of aryl methyl sites for hydroxylation is 4. The van der Waals surface area contributed by atoms with E-state index in [-0.39, 0.29) is 51.9 Å². The topological polar surface area (TPSA) is 63.2 Å². The molecule has 0 saturated carbocycles. The Hall–Kier alpha value is -4.41. The molecular formula is C49H57N3O2Zr. The Morgan fingerprint density at radius 2 is 0.909 bits per heavy atom. The van der Waals surface area contributed by atoms with Crippen LogP contribution in [0.5, 0.6) is 11.5 Å². The molecule has 0 bridgehead atoms. The summed E-state index contributed by atoms with van der Waals surface area (Å²) in [7, 11) is 0. The number of phenols is 2. The Bertz CT molecular complexity index is 2330. The third-order valence-corrected chi connectivity index (χ3v) is 10.5. The third-order valence-electron chi connectivity index (χ3n) is 10.5. The monoisotopic (exact) mass is 809 g/mol. The van der Waals surface area contributed by atoms with Gasteiger partial charge in [-0.25, -0.2) is 4.98 Å². The summed E-state index contributed by atoms with van der Waals surface area (Å²) < 4.78 is 4.63. The normalized spacial score (nSPS) is 11.7. The SMILES string of the molecule is CCn1c(-c2cc(C)cc(C(C)(C)C)c2O)c(-c2cccc(-c3c(-c4cc(C)cc(C(C)(C)C)c4O)n(CC)c4ccccc34)n2)c2ccccc21.[CH3-].[CH3-].[Zr+2]. The Morgan fingerprint density at radius 3 is 1.25 bits per heavy atom. The first-order chi connectivity index (χ1) is 24.6. The molecule has 0 aliphatic heterocycles. The minimum atomic E-state index is -0.246. The summed E-state index contributed by atoms with van der Waals surface area (Å²) in [6.45, 7) is 22.9. The van der Waals surface area contributed by atoms with Crippen LogP contribution in [0.3, 0.4) is 0 Å². The van der Waals surface area contributed by atoms with Crippen LogP contribution in [0.2, 0.25) is 0 Å². The van der Waals surface area contributed by atoms with E-state index in [2.05, 4.69) is 169 Å². The number of para-hydroxylation sites is 2. The summed E-state index contributed by atoms with van der Waals surface area (Å²) in [5.74, 6) is 0.622. The van der Waals surface area contributed by atoms with Gasteiger partial charge in [0.15, 0.2) is 0 Å². The molecule has 0 saturated heterocycles. The van der Waals surface area contributed by atoms with Crippen molar-refractivity contribution in [2.45, 2.75) is 93.2 Å². The van der Waals surface area contributed by atoms with E-state index < -0.39 is 0 Å². The Morgan fingerprint density at radius 1 is 0.545 bits per heavy atom. The number of fused-ring (bicyclic) bond motifs is 2. The molecule has 0 radical (unpaired) electrons. The summed E-state index contributed by atoms with van der Waals surface area (Å²) in [4.78, 5) is 5.54. The minimum absolute atomic E-state index is 0. The van der Waals surface area contributed by atoms with Crippen molar-refractivity contribution in [1.29, 1.82) is 0 Å². The predicted molar refractivity (Wildman–Crippen MR) is 231 cm³/mol. The number of rotatable bonds is 6. The van der Waals surface area contributed by atoms with E-state index in [1.807, 2.05) is 0 Å². The average molecular weight is 811 g/mol. The number of benzene rings is 4. The van der Waals surface area contributed by atoms with Crippen LogP contribution in [-0.2, 0) is 50.1 Å². The van der Waals surface area contributed by atoms with Crippen molar-refractivity contribution >= 4 is 21.8 Å². The quantitative estimate of drug-likeness (QED) is 0.164. The van der Waals surface area contributed by atoms with Gasteiger partial charge in [0.25, 0.3) is 0 Å². The van der Waals surface area contributed by atoms with E-state index in [9.17, 15) is 10.2 Å². The van der Waals surface area contributed by atoms with Crippen LogP contribution in [0.25, 0.3) is 66.8 Å². The van der Waals surface area contributed by atoms with Gasteiger partial charge < -0.3 is 34.2 Å². The number of aromatic nitrogens is 3. The smallest absolute Gasteiger partial charge is 0.507 e. The van der Waals surface area contributed by atoms with Crippen LogP contribution in [-0.4, -0.2) is 24.3 Å². The molecule has 3 heterocycles. The van der Waals surface area contributed by atoms with Crippen LogP contribution >= 0.6 is 0 Å². The average Bonchev–Trinajstić information content (AvgIpc) is 3.61. The van der Waals surface area contributed by atoms with Crippen molar-refractivity contribution in [3.63, 3.8) is 0 Å². The van der Waals surface area contributed by atoms with Gasteiger partial charge in [0, 0.05) is 68.3 Å². The molecule has 0 spiro atoms. The fourth-order valence-corrected chi connectivity index (χ4v) is 8.12. The third kappa shape index (κ3) is 7.35. The molecule has 2 N–H and O–H groups in total. The summed E-state index contributed by atoms with van der Waals surface area (Å²) >= 11 is 0. The van der Waals surface area contributed by atoms with Crippen molar-refractivity contribution in [2.75, 3.05) is 0 Å². The molecule has 284 valence electrons. The molecular weight excluding hydrogens is 754 g/mol. The van der Waals surface area contributed by atoms with Gasteiger partial charge in [-0.05, 0) is 86.1 Å². The van der Waals surface area contributed by atoms with E-state index in [1.54, 1.807) is 0 Å². The molecule has 7 aromatic rings. The summed E-state index contributed by atoms with van der Waals surface area (Å²) in [5.41, 5.74) is 13.0. The molecule has 0 atom stereocenters. The molecule has 7 rings (SSSR count). The maximum atomic E-state index is 12.0. The number of aromatic hydroxyl groups is 2. The van der Waals surface area contributed by atoms with E-state index >= 15 is 0 Å².